The van der Waals surface area contributed by atoms with Crippen LogP contribution >= 0.6 is 0 Å². The van der Waals surface area contributed by atoms with E-state index in [2.05, 4.69) is 0 Å². The van der Waals surface area contributed by atoms with Gasteiger partial charge in [0.15, 0.2) is 0 Å². The fourth-order valence-corrected chi connectivity index (χ4v) is 2.11. The molecule has 2 rings (SSSR count). The molecule has 0 bridgehead atoms. The van der Waals surface area contributed by atoms with Crippen molar-refractivity contribution in [2.75, 3.05) is 20.8 Å². The predicted molar refractivity (Wildman–Crippen MR) is 72.2 cm³/mol. The van der Waals surface area contributed by atoms with Crippen LogP contribution in [0.3, 0.4) is 0 Å². The molecule has 5 nitrogen and oxygen atoms in total. The van der Waals surface area contributed by atoms with Crippen LogP contribution in [0, 0.1) is 0 Å². The van der Waals surface area contributed by atoms with Crippen molar-refractivity contribution in [2.24, 2.45) is 5.73 Å². The van der Waals surface area contributed by atoms with E-state index in [1.165, 1.54) is 0 Å². The molecule has 1 aromatic carbocycles. The van der Waals surface area contributed by atoms with E-state index in [0.29, 0.717) is 12.6 Å². The molecule has 1 amide bonds. The minimum atomic E-state index is -0.0210. The van der Waals surface area contributed by atoms with Gasteiger partial charge in [-0.25, -0.2) is 0 Å². The highest BCUT2D eigenvalue weighted by Crippen LogP contribution is 2.31. The molecule has 19 heavy (non-hydrogen) atoms. The summed E-state index contributed by atoms with van der Waals surface area (Å²) in [5.74, 6) is 1.50. The fourth-order valence-electron chi connectivity index (χ4n) is 2.11. The Morgan fingerprint density at radius 3 is 2.63 bits per heavy atom. The first-order chi connectivity index (χ1) is 9.19. The van der Waals surface area contributed by atoms with Crippen LogP contribution in [0.2, 0.25) is 0 Å². The molecule has 0 spiro atoms. The molecular weight excluding hydrogens is 244 g/mol. The molecule has 0 aliphatic heterocycles. The second kappa shape index (κ2) is 5.93. The highest BCUT2D eigenvalue weighted by atomic mass is 16.5. The number of ether oxygens (including phenoxy) is 2. The molecule has 1 aromatic rings. The largest absolute Gasteiger partial charge is 0.497 e. The number of carbonyl (C=O) groups is 1. The minimum absolute atomic E-state index is 0.0210. The smallest absolute Gasteiger partial charge is 0.236 e. The molecule has 2 N–H and O–H groups in total. The first-order valence-corrected chi connectivity index (χ1v) is 6.40. The van der Waals surface area contributed by atoms with Crippen molar-refractivity contribution in [1.82, 2.24) is 4.90 Å². The van der Waals surface area contributed by atoms with Gasteiger partial charge in [0.05, 0.1) is 20.8 Å². The number of hydrogen-bond donors (Lipinski definition) is 1. The summed E-state index contributed by atoms with van der Waals surface area (Å²) in [5.41, 5.74) is 6.41. The van der Waals surface area contributed by atoms with E-state index in [9.17, 15) is 4.79 Å². The van der Waals surface area contributed by atoms with Gasteiger partial charge in [-0.05, 0) is 31.0 Å². The zero-order chi connectivity index (χ0) is 13.8. The third-order valence-electron chi connectivity index (χ3n) is 3.31. The molecular formula is C14H20N2O3. The van der Waals surface area contributed by atoms with E-state index in [4.69, 9.17) is 15.2 Å². The molecule has 1 aliphatic rings. The summed E-state index contributed by atoms with van der Waals surface area (Å²) in [6, 6.07) is 5.92. The number of benzene rings is 1. The van der Waals surface area contributed by atoms with Crippen molar-refractivity contribution in [1.29, 1.82) is 0 Å². The third-order valence-corrected chi connectivity index (χ3v) is 3.31. The predicted octanol–water partition coefficient (Wildman–Crippen LogP) is 1.15. The molecule has 0 radical (unpaired) electrons. The van der Waals surface area contributed by atoms with Gasteiger partial charge in [0, 0.05) is 18.2 Å². The first kappa shape index (κ1) is 13.7. The van der Waals surface area contributed by atoms with Crippen LogP contribution in [0.25, 0.3) is 0 Å². The Labute approximate surface area is 113 Å². The molecule has 0 unspecified atom stereocenters. The Morgan fingerprint density at radius 2 is 2.11 bits per heavy atom. The van der Waals surface area contributed by atoms with Crippen LogP contribution in [0.5, 0.6) is 11.5 Å². The third kappa shape index (κ3) is 3.17. The zero-order valence-corrected chi connectivity index (χ0v) is 11.4. The van der Waals surface area contributed by atoms with E-state index in [-0.39, 0.29) is 12.5 Å². The highest BCUT2D eigenvalue weighted by molar-refractivity contribution is 5.78. The van der Waals surface area contributed by atoms with Crippen molar-refractivity contribution in [2.45, 2.75) is 25.4 Å². The second-order valence-corrected chi connectivity index (χ2v) is 4.63. The molecule has 0 heterocycles. The summed E-state index contributed by atoms with van der Waals surface area (Å²) in [6.07, 6.45) is 2.11. The Hall–Kier alpha value is -1.75. The summed E-state index contributed by atoms with van der Waals surface area (Å²) in [7, 11) is 3.24. The summed E-state index contributed by atoms with van der Waals surface area (Å²) in [4.78, 5) is 13.7. The quantitative estimate of drug-likeness (QED) is 0.837. The maximum absolute atomic E-state index is 11.9. The number of methoxy groups -OCH3 is 2. The maximum Gasteiger partial charge on any atom is 0.236 e. The topological polar surface area (TPSA) is 64.8 Å². The maximum atomic E-state index is 11.9. The zero-order valence-electron chi connectivity index (χ0n) is 11.4. The number of amides is 1. The molecule has 1 saturated carbocycles. The van der Waals surface area contributed by atoms with Crippen LogP contribution in [0.15, 0.2) is 18.2 Å². The lowest BCUT2D eigenvalue weighted by Crippen LogP contribution is -2.37. The SMILES string of the molecule is COc1ccc(OC)c(CN(C(=O)CN)C2CC2)c1. The van der Waals surface area contributed by atoms with Crippen LogP contribution in [0.1, 0.15) is 18.4 Å². The molecule has 0 saturated heterocycles. The van der Waals surface area contributed by atoms with Gasteiger partial charge in [0.25, 0.3) is 0 Å². The molecule has 0 aromatic heterocycles. The summed E-state index contributed by atoms with van der Waals surface area (Å²) < 4.78 is 10.5. The first-order valence-electron chi connectivity index (χ1n) is 6.40. The lowest BCUT2D eigenvalue weighted by Gasteiger charge is -2.23. The van der Waals surface area contributed by atoms with Crippen molar-refractivity contribution in [3.63, 3.8) is 0 Å². The van der Waals surface area contributed by atoms with Gasteiger partial charge >= 0.3 is 0 Å². The van der Waals surface area contributed by atoms with Gasteiger partial charge in [-0.2, -0.15) is 0 Å². The van der Waals surface area contributed by atoms with E-state index in [1.54, 1.807) is 14.2 Å². The van der Waals surface area contributed by atoms with E-state index >= 15 is 0 Å². The fraction of sp³-hybridized carbons (Fsp3) is 0.500. The van der Waals surface area contributed by atoms with Crippen LogP contribution in [0.4, 0.5) is 0 Å². The number of hydrogen-bond acceptors (Lipinski definition) is 4. The summed E-state index contributed by atoms with van der Waals surface area (Å²) >= 11 is 0. The van der Waals surface area contributed by atoms with Crippen LogP contribution < -0.4 is 15.2 Å². The molecule has 104 valence electrons. The Bertz CT molecular complexity index is 458. The van der Waals surface area contributed by atoms with Gasteiger partial charge in [-0.15, -0.1) is 0 Å². The number of nitrogens with two attached hydrogens (primary N) is 1. The lowest BCUT2D eigenvalue weighted by atomic mass is 10.1. The van der Waals surface area contributed by atoms with Crippen LogP contribution in [-0.4, -0.2) is 37.6 Å². The second-order valence-electron chi connectivity index (χ2n) is 4.63. The van der Waals surface area contributed by atoms with Gasteiger partial charge in [0.2, 0.25) is 5.91 Å². The summed E-state index contributed by atoms with van der Waals surface area (Å²) in [6.45, 7) is 0.559. The molecule has 0 atom stereocenters. The Kier molecular flexibility index (Phi) is 4.27. The van der Waals surface area contributed by atoms with Gasteiger partial charge < -0.3 is 20.1 Å². The Morgan fingerprint density at radius 1 is 1.37 bits per heavy atom. The van der Waals surface area contributed by atoms with Gasteiger partial charge in [-0.1, -0.05) is 0 Å². The number of rotatable bonds is 6. The van der Waals surface area contributed by atoms with Crippen molar-refractivity contribution < 1.29 is 14.3 Å². The monoisotopic (exact) mass is 264 g/mol. The normalized spacial score (nSPS) is 14.1. The number of nitrogens with zero attached hydrogens (tertiary/aromatic N) is 1. The van der Waals surface area contributed by atoms with E-state index in [0.717, 1.165) is 29.9 Å². The summed E-state index contributed by atoms with van der Waals surface area (Å²) in [5, 5.41) is 0. The van der Waals surface area contributed by atoms with Gasteiger partial charge in [-0.3, -0.25) is 4.79 Å². The molecule has 1 aliphatic carbocycles. The Balaban J connectivity index is 2.21. The standard InChI is InChI=1S/C14H20N2O3/c1-18-12-5-6-13(19-2)10(7-12)9-16(11-3-4-11)14(17)8-15/h5-7,11H,3-4,8-9,15H2,1-2H3. The minimum Gasteiger partial charge on any atom is -0.497 e. The highest BCUT2D eigenvalue weighted by Gasteiger charge is 2.32. The van der Waals surface area contributed by atoms with Crippen LogP contribution in [-0.2, 0) is 11.3 Å². The van der Waals surface area contributed by atoms with Crippen molar-refractivity contribution in [3.8, 4) is 11.5 Å². The average Bonchev–Trinajstić information content (AvgIpc) is 3.28. The molecule has 5 heteroatoms. The van der Waals surface area contributed by atoms with E-state index in [1.807, 2.05) is 23.1 Å². The number of carbonyl (C=O) groups excluding carboxylic acids is 1. The van der Waals surface area contributed by atoms with Crippen molar-refractivity contribution in [3.05, 3.63) is 23.8 Å². The van der Waals surface area contributed by atoms with Crippen molar-refractivity contribution >= 4 is 5.91 Å². The van der Waals surface area contributed by atoms with E-state index < -0.39 is 0 Å². The average molecular weight is 264 g/mol. The lowest BCUT2D eigenvalue weighted by molar-refractivity contribution is -0.130. The molecule has 1 fully saturated rings. The van der Waals surface area contributed by atoms with Gasteiger partial charge in [0.1, 0.15) is 11.5 Å².